The van der Waals surface area contributed by atoms with Crippen LogP contribution < -0.4 is 5.43 Å². The molecular formula is C10H19N3O3. The smallest absolute Gasteiger partial charge is 0.407 e. The Kier molecular flexibility index (Phi) is 5.04. The first-order valence-electron chi connectivity index (χ1n) is 5.58. The van der Waals surface area contributed by atoms with E-state index in [-0.39, 0.29) is 12.5 Å². The molecule has 1 rings (SSSR count). The van der Waals surface area contributed by atoms with Gasteiger partial charge in [0.1, 0.15) is 6.54 Å². The van der Waals surface area contributed by atoms with Crippen molar-refractivity contribution in [3.63, 3.8) is 0 Å². The molecule has 0 unspecified atom stereocenters. The Labute approximate surface area is 95.2 Å². The van der Waals surface area contributed by atoms with E-state index in [0.717, 1.165) is 30.8 Å². The van der Waals surface area contributed by atoms with Gasteiger partial charge >= 0.3 is 6.09 Å². The number of carbonyl (C=O) groups is 2. The largest absolute Gasteiger partial charge is 0.465 e. The van der Waals surface area contributed by atoms with Crippen molar-refractivity contribution in [3.05, 3.63) is 0 Å². The third-order valence-electron chi connectivity index (χ3n) is 2.60. The second kappa shape index (κ2) is 6.32. The molecule has 1 saturated heterocycles. The van der Waals surface area contributed by atoms with Crippen molar-refractivity contribution in [2.45, 2.75) is 25.7 Å². The zero-order valence-electron chi connectivity index (χ0n) is 9.61. The van der Waals surface area contributed by atoms with Crippen molar-refractivity contribution in [3.8, 4) is 0 Å². The van der Waals surface area contributed by atoms with Crippen molar-refractivity contribution in [2.75, 3.05) is 26.7 Å². The van der Waals surface area contributed by atoms with Gasteiger partial charge in [-0.25, -0.2) is 9.80 Å². The van der Waals surface area contributed by atoms with Gasteiger partial charge < -0.3 is 10.0 Å². The predicted octanol–water partition coefficient (Wildman–Crippen LogP) is 0.503. The van der Waals surface area contributed by atoms with Crippen LogP contribution in [0.5, 0.6) is 0 Å². The van der Waals surface area contributed by atoms with Crippen LogP contribution in [0.15, 0.2) is 0 Å². The number of carboxylic acid groups (broad SMARTS) is 1. The fourth-order valence-corrected chi connectivity index (χ4v) is 1.68. The van der Waals surface area contributed by atoms with Gasteiger partial charge in [-0.15, -0.1) is 0 Å². The number of nitrogens with zero attached hydrogens (tertiary/aromatic N) is 2. The molecule has 6 heteroatoms. The third-order valence-corrected chi connectivity index (χ3v) is 2.60. The number of hydrogen-bond acceptors (Lipinski definition) is 3. The minimum Gasteiger partial charge on any atom is -0.465 e. The van der Waals surface area contributed by atoms with Crippen LogP contribution in [0, 0.1) is 0 Å². The van der Waals surface area contributed by atoms with Crippen LogP contribution in [0.2, 0.25) is 0 Å². The van der Waals surface area contributed by atoms with Crippen LogP contribution in [-0.2, 0) is 4.79 Å². The molecule has 0 aromatic rings. The zero-order chi connectivity index (χ0) is 12.0. The Morgan fingerprint density at radius 1 is 1.25 bits per heavy atom. The van der Waals surface area contributed by atoms with Crippen molar-refractivity contribution in [1.29, 1.82) is 0 Å². The molecule has 6 nitrogen and oxygen atoms in total. The van der Waals surface area contributed by atoms with Crippen molar-refractivity contribution >= 4 is 12.0 Å². The van der Waals surface area contributed by atoms with Gasteiger partial charge in [-0.2, -0.15) is 0 Å². The first kappa shape index (κ1) is 12.8. The maximum Gasteiger partial charge on any atom is 0.407 e. The molecule has 2 amide bonds. The number of hydrazine groups is 1. The van der Waals surface area contributed by atoms with E-state index >= 15 is 0 Å². The minimum atomic E-state index is -1.09. The lowest BCUT2D eigenvalue weighted by Gasteiger charge is -2.22. The number of amides is 2. The Morgan fingerprint density at radius 3 is 2.31 bits per heavy atom. The summed E-state index contributed by atoms with van der Waals surface area (Å²) in [7, 11) is 1.38. The van der Waals surface area contributed by atoms with Crippen LogP contribution >= 0.6 is 0 Å². The van der Waals surface area contributed by atoms with E-state index in [4.69, 9.17) is 5.11 Å². The first-order chi connectivity index (χ1) is 7.59. The number of hydrogen-bond donors (Lipinski definition) is 2. The SMILES string of the molecule is CN(CC(=O)NN1CCCCCC1)C(=O)O. The van der Waals surface area contributed by atoms with Gasteiger partial charge in [-0.3, -0.25) is 10.2 Å². The highest BCUT2D eigenvalue weighted by Crippen LogP contribution is 2.07. The van der Waals surface area contributed by atoms with Gasteiger partial charge in [0.05, 0.1) is 0 Å². The molecule has 92 valence electrons. The van der Waals surface area contributed by atoms with Gasteiger partial charge in [-0.1, -0.05) is 12.8 Å². The summed E-state index contributed by atoms with van der Waals surface area (Å²) in [5.41, 5.74) is 2.73. The molecule has 0 radical (unpaired) electrons. The lowest BCUT2D eigenvalue weighted by Crippen LogP contribution is -2.47. The Hall–Kier alpha value is -1.30. The summed E-state index contributed by atoms with van der Waals surface area (Å²) in [4.78, 5) is 23.0. The summed E-state index contributed by atoms with van der Waals surface area (Å²) in [6.45, 7) is 1.58. The molecule has 0 spiro atoms. The van der Waals surface area contributed by atoms with Gasteiger partial charge in [0.15, 0.2) is 0 Å². The fourth-order valence-electron chi connectivity index (χ4n) is 1.68. The van der Waals surface area contributed by atoms with E-state index in [1.165, 1.54) is 19.9 Å². The van der Waals surface area contributed by atoms with Gasteiger partial charge in [0.25, 0.3) is 5.91 Å². The molecule has 1 aliphatic heterocycles. The zero-order valence-corrected chi connectivity index (χ0v) is 9.61. The monoisotopic (exact) mass is 229 g/mol. The number of carbonyl (C=O) groups excluding carboxylic acids is 1. The number of nitrogens with one attached hydrogen (secondary N) is 1. The van der Waals surface area contributed by atoms with Gasteiger partial charge in [0, 0.05) is 20.1 Å². The highest BCUT2D eigenvalue weighted by atomic mass is 16.4. The molecule has 0 aromatic carbocycles. The average molecular weight is 229 g/mol. The Balaban J connectivity index is 2.29. The molecule has 1 fully saturated rings. The van der Waals surface area contributed by atoms with E-state index in [1.807, 2.05) is 5.01 Å². The predicted molar refractivity (Wildman–Crippen MR) is 58.8 cm³/mol. The van der Waals surface area contributed by atoms with E-state index in [9.17, 15) is 9.59 Å². The molecule has 2 N–H and O–H groups in total. The fraction of sp³-hybridized carbons (Fsp3) is 0.800. The highest BCUT2D eigenvalue weighted by molar-refractivity contribution is 5.81. The summed E-state index contributed by atoms with van der Waals surface area (Å²) in [5, 5.41) is 10.5. The van der Waals surface area contributed by atoms with Crippen LogP contribution in [0.4, 0.5) is 4.79 Å². The van der Waals surface area contributed by atoms with E-state index < -0.39 is 6.09 Å². The van der Waals surface area contributed by atoms with E-state index in [2.05, 4.69) is 5.43 Å². The summed E-state index contributed by atoms with van der Waals surface area (Å²) in [6, 6.07) is 0. The number of likely N-dealkylation sites (N-methyl/N-ethyl adjacent to an activating group) is 1. The molecule has 0 aliphatic carbocycles. The molecule has 0 aromatic heterocycles. The van der Waals surface area contributed by atoms with Crippen LogP contribution in [0.3, 0.4) is 0 Å². The topological polar surface area (TPSA) is 72.9 Å². The summed E-state index contributed by atoms with van der Waals surface area (Å²) >= 11 is 0. The van der Waals surface area contributed by atoms with Crippen molar-refractivity contribution in [2.24, 2.45) is 0 Å². The highest BCUT2D eigenvalue weighted by Gasteiger charge is 2.15. The molecular weight excluding hydrogens is 210 g/mol. The molecule has 1 heterocycles. The normalized spacial score (nSPS) is 17.6. The molecule has 1 aliphatic rings. The second-order valence-corrected chi connectivity index (χ2v) is 4.07. The van der Waals surface area contributed by atoms with Crippen molar-refractivity contribution in [1.82, 2.24) is 15.3 Å². The minimum absolute atomic E-state index is 0.119. The number of rotatable bonds is 3. The summed E-state index contributed by atoms with van der Waals surface area (Å²) in [6.07, 6.45) is 3.46. The van der Waals surface area contributed by atoms with Crippen LogP contribution in [0.1, 0.15) is 25.7 Å². The Morgan fingerprint density at radius 2 is 1.81 bits per heavy atom. The third kappa shape index (κ3) is 4.48. The van der Waals surface area contributed by atoms with Gasteiger partial charge in [0.2, 0.25) is 0 Å². The summed E-state index contributed by atoms with van der Waals surface area (Å²) < 4.78 is 0. The lowest BCUT2D eigenvalue weighted by molar-refractivity contribution is -0.126. The van der Waals surface area contributed by atoms with Gasteiger partial charge in [-0.05, 0) is 12.8 Å². The molecule has 16 heavy (non-hydrogen) atoms. The van der Waals surface area contributed by atoms with Crippen LogP contribution in [0.25, 0.3) is 0 Å². The summed E-state index contributed by atoms with van der Waals surface area (Å²) in [5.74, 6) is -0.271. The molecule has 0 saturated carbocycles. The lowest BCUT2D eigenvalue weighted by atomic mass is 10.2. The Bertz CT molecular complexity index is 250. The van der Waals surface area contributed by atoms with E-state index in [0.29, 0.717) is 0 Å². The quantitative estimate of drug-likeness (QED) is 0.739. The second-order valence-electron chi connectivity index (χ2n) is 4.07. The average Bonchev–Trinajstić information content (AvgIpc) is 2.45. The molecule has 0 atom stereocenters. The maximum atomic E-state index is 11.5. The van der Waals surface area contributed by atoms with Crippen LogP contribution in [-0.4, -0.2) is 53.7 Å². The maximum absolute atomic E-state index is 11.5. The standard InChI is InChI=1S/C10H19N3O3/c1-12(10(15)16)8-9(14)11-13-6-4-2-3-5-7-13/h2-8H2,1H3,(H,11,14)(H,15,16). The van der Waals surface area contributed by atoms with Crippen molar-refractivity contribution < 1.29 is 14.7 Å². The van der Waals surface area contributed by atoms with E-state index in [1.54, 1.807) is 0 Å². The molecule has 0 bridgehead atoms. The first-order valence-corrected chi connectivity index (χ1v) is 5.58.